The van der Waals surface area contributed by atoms with Gasteiger partial charge in [0.1, 0.15) is 6.33 Å². The maximum Gasteiger partial charge on any atom is 0.242 e. The highest BCUT2D eigenvalue weighted by Crippen LogP contribution is 2.33. The minimum absolute atomic E-state index is 0.428. The second kappa shape index (κ2) is 6.63. The van der Waals surface area contributed by atoms with Crippen molar-refractivity contribution >= 4 is 12.3 Å². The van der Waals surface area contributed by atoms with Crippen LogP contribution in [0.25, 0.3) is 23.7 Å². The van der Waals surface area contributed by atoms with Gasteiger partial charge >= 0.3 is 0 Å². The summed E-state index contributed by atoms with van der Waals surface area (Å²) in [7, 11) is 0. The summed E-state index contributed by atoms with van der Waals surface area (Å²) < 4.78 is 7.40. The lowest BCUT2D eigenvalue weighted by Crippen LogP contribution is -1.91. The Kier molecular flexibility index (Phi) is 4.17. The van der Waals surface area contributed by atoms with Gasteiger partial charge < -0.3 is 4.42 Å². The molecule has 25 heavy (non-hydrogen) atoms. The molecule has 0 amide bonds. The van der Waals surface area contributed by atoms with E-state index in [0.29, 0.717) is 17.6 Å². The van der Waals surface area contributed by atoms with Crippen LogP contribution in [-0.4, -0.2) is 25.0 Å². The Morgan fingerprint density at radius 1 is 1.08 bits per heavy atom. The highest BCUT2D eigenvalue weighted by Gasteiger charge is 2.22. The number of hydrogen-bond donors (Lipinski definition) is 0. The van der Waals surface area contributed by atoms with Crippen LogP contribution in [0, 0.1) is 13.8 Å². The normalized spacial score (nSPS) is 15.4. The number of hydrogen-bond acceptors (Lipinski definition) is 5. The van der Waals surface area contributed by atoms with Crippen molar-refractivity contribution in [1.82, 2.24) is 25.0 Å². The first-order valence-corrected chi connectivity index (χ1v) is 8.69. The third-order valence-corrected chi connectivity index (χ3v) is 4.52. The highest BCUT2D eigenvalue weighted by atomic mass is 16.4. The van der Waals surface area contributed by atoms with Crippen molar-refractivity contribution in [2.24, 2.45) is 0 Å². The average molecular weight is 335 g/mol. The van der Waals surface area contributed by atoms with Gasteiger partial charge in [-0.15, -0.1) is 15.3 Å². The van der Waals surface area contributed by atoms with Crippen molar-refractivity contribution in [2.75, 3.05) is 0 Å². The Bertz CT molecular complexity index is 882. The minimum atomic E-state index is 0.428. The van der Waals surface area contributed by atoms with Crippen molar-refractivity contribution in [2.45, 2.75) is 45.4 Å². The highest BCUT2D eigenvalue weighted by molar-refractivity contribution is 5.58. The standard InChI is InChI=1S/C19H21N5O/c1-13-9-14(2)11-16(10-13)18-20-12-24(23-18)8-7-17-21-22-19(25-17)15-5-3-4-6-15/h7-12,15H,3-6H2,1-2H3/b8-7-. The monoisotopic (exact) mass is 335 g/mol. The van der Waals surface area contributed by atoms with E-state index in [-0.39, 0.29) is 0 Å². The summed E-state index contributed by atoms with van der Waals surface area (Å²) >= 11 is 0. The van der Waals surface area contributed by atoms with Crippen LogP contribution in [0.2, 0.25) is 0 Å². The fourth-order valence-corrected chi connectivity index (χ4v) is 3.37. The number of rotatable bonds is 4. The summed E-state index contributed by atoms with van der Waals surface area (Å²) in [6.07, 6.45) is 10.0. The molecule has 1 aliphatic rings. The van der Waals surface area contributed by atoms with Gasteiger partial charge in [-0.3, -0.25) is 0 Å². The Hall–Kier alpha value is -2.76. The molecular formula is C19H21N5O. The van der Waals surface area contributed by atoms with Gasteiger partial charge in [-0.2, -0.15) is 0 Å². The number of aromatic nitrogens is 5. The molecule has 1 aliphatic carbocycles. The van der Waals surface area contributed by atoms with Gasteiger partial charge in [0.2, 0.25) is 11.8 Å². The Balaban J connectivity index is 1.50. The lowest BCUT2D eigenvalue weighted by atomic mass is 10.1. The molecular weight excluding hydrogens is 314 g/mol. The quantitative estimate of drug-likeness (QED) is 0.713. The van der Waals surface area contributed by atoms with Gasteiger partial charge in [0.25, 0.3) is 0 Å². The molecule has 2 aromatic heterocycles. The molecule has 1 fully saturated rings. The largest absolute Gasteiger partial charge is 0.421 e. The van der Waals surface area contributed by atoms with Crippen molar-refractivity contribution in [3.05, 3.63) is 47.4 Å². The molecule has 0 bridgehead atoms. The van der Waals surface area contributed by atoms with Gasteiger partial charge in [0.15, 0.2) is 5.82 Å². The van der Waals surface area contributed by atoms with E-state index in [1.165, 1.54) is 24.0 Å². The van der Waals surface area contributed by atoms with Crippen LogP contribution in [0.5, 0.6) is 0 Å². The fourth-order valence-electron chi connectivity index (χ4n) is 3.37. The molecule has 6 nitrogen and oxygen atoms in total. The topological polar surface area (TPSA) is 69.6 Å². The molecule has 6 heteroatoms. The first-order chi connectivity index (χ1) is 12.2. The van der Waals surface area contributed by atoms with Gasteiger partial charge in [-0.25, -0.2) is 9.67 Å². The van der Waals surface area contributed by atoms with E-state index in [1.807, 2.05) is 0 Å². The zero-order valence-electron chi connectivity index (χ0n) is 14.5. The molecule has 0 N–H and O–H groups in total. The van der Waals surface area contributed by atoms with E-state index in [9.17, 15) is 0 Å². The fraction of sp³-hybridized carbons (Fsp3) is 0.368. The van der Waals surface area contributed by atoms with Gasteiger partial charge in [0, 0.05) is 23.8 Å². The van der Waals surface area contributed by atoms with Crippen molar-refractivity contribution < 1.29 is 4.42 Å². The molecule has 0 saturated heterocycles. The van der Waals surface area contributed by atoms with Crippen LogP contribution in [0.4, 0.5) is 0 Å². The summed E-state index contributed by atoms with van der Waals surface area (Å²) in [6.45, 7) is 4.15. The number of aryl methyl sites for hydroxylation is 2. The molecule has 0 aliphatic heterocycles. The maximum absolute atomic E-state index is 5.74. The van der Waals surface area contributed by atoms with Crippen LogP contribution in [-0.2, 0) is 0 Å². The second-order valence-corrected chi connectivity index (χ2v) is 6.70. The first kappa shape index (κ1) is 15.7. The van der Waals surface area contributed by atoms with Crippen molar-refractivity contribution in [3.63, 3.8) is 0 Å². The predicted molar refractivity (Wildman–Crippen MR) is 95.7 cm³/mol. The third kappa shape index (κ3) is 3.52. The zero-order chi connectivity index (χ0) is 17.2. The van der Waals surface area contributed by atoms with Crippen LogP contribution in [0.3, 0.4) is 0 Å². The lowest BCUT2D eigenvalue weighted by molar-refractivity contribution is 0.442. The molecule has 0 radical (unpaired) electrons. The Morgan fingerprint density at radius 2 is 1.84 bits per heavy atom. The first-order valence-electron chi connectivity index (χ1n) is 8.69. The van der Waals surface area contributed by atoms with Crippen molar-refractivity contribution in [3.8, 4) is 11.4 Å². The Labute approximate surface area is 146 Å². The van der Waals surface area contributed by atoms with E-state index in [1.54, 1.807) is 23.3 Å². The molecule has 4 rings (SSSR count). The lowest BCUT2D eigenvalue weighted by Gasteiger charge is -2.00. The summed E-state index contributed by atoms with van der Waals surface area (Å²) in [5.74, 6) is 2.39. The second-order valence-electron chi connectivity index (χ2n) is 6.70. The van der Waals surface area contributed by atoms with Crippen molar-refractivity contribution in [1.29, 1.82) is 0 Å². The van der Waals surface area contributed by atoms with Gasteiger partial charge in [0.05, 0.1) is 0 Å². The summed E-state index contributed by atoms with van der Waals surface area (Å²) in [4.78, 5) is 4.38. The zero-order valence-corrected chi connectivity index (χ0v) is 14.5. The van der Waals surface area contributed by atoms with Gasteiger partial charge in [-0.1, -0.05) is 30.0 Å². The van der Waals surface area contributed by atoms with E-state index in [2.05, 4.69) is 52.3 Å². The minimum Gasteiger partial charge on any atom is -0.421 e. The summed E-state index contributed by atoms with van der Waals surface area (Å²) in [6, 6.07) is 6.31. The molecule has 0 unspecified atom stereocenters. The van der Waals surface area contributed by atoms with E-state index >= 15 is 0 Å². The molecule has 0 spiro atoms. The smallest absolute Gasteiger partial charge is 0.242 e. The van der Waals surface area contributed by atoms with Crippen LogP contribution < -0.4 is 0 Å². The molecule has 3 aromatic rings. The molecule has 128 valence electrons. The van der Waals surface area contributed by atoms with Crippen LogP contribution in [0.1, 0.15) is 54.5 Å². The Morgan fingerprint density at radius 3 is 2.60 bits per heavy atom. The maximum atomic E-state index is 5.74. The molecule has 1 saturated carbocycles. The summed E-state index contributed by atoms with van der Waals surface area (Å²) in [5, 5.41) is 12.8. The molecule has 1 aromatic carbocycles. The summed E-state index contributed by atoms with van der Waals surface area (Å²) in [5.41, 5.74) is 3.42. The number of nitrogens with zero attached hydrogens (tertiary/aromatic N) is 5. The molecule has 2 heterocycles. The average Bonchev–Trinajstić information content (AvgIpc) is 3.32. The SMILES string of the molecule is Cc1cc(C)cc(-c2ncn(/C=C\c3nnc(C4CCCC4)o3)n2)c1. The van der Waals surface area contributed by atoms with Gasteiger partial charge in [-0.05, 0) is 38.8 Å². The van der Waals surface area contributed by atoms with E-state index < -0.39 is 0 Å². The van der Waals surface area contributed by atoms with E-state index in [4.69, 9.17) is 4.42 Å². The van der Waals surface area contributed by atoms with Crippen LogP contribution in [0.15, 0.2) is 28.9 Å². The number of benzene rings is 1. The third-order valence-electron chi connectivity index (χ3n) is 4.52. The molecule has 0 atom stereocenters. The van der Waals surface area contributed by atoms with E-state index in [0.717, 1.165) is 24.3 Å². The predicted octanol–water partition coefficient (Wildman–Crippen LogP) is 4.23. The van der Waals surface area contributed by atoms with Crippen LogP contribution >= 0.6 is 0 Å².